The molecule has 1 aliphatic carbocycles. The number of rotatable bonds is 4. The second-order valence-electron chi connectivity index (χ2n) is 6.33. The van der Waals surface area contributed by atoms with E-state index in [1.54, 1.807) is 0 Å². The van der Waals surface area contributed by atoms with Crippen LogP contribution in [0.15, 0.2) is 0 Å². The molecule has 100 valence electrons. The standard InChI is InChI=1S/C15H30N2/c1-4-16-15-7-5-6-14(15)11-17-9-8-12(2)10-13(17)3/h12-16H,4-11H2,1-3H3. The van der Waals surface area contributed by atoms with Gasteiger partial charge in [0.2, 0.25) is 0 Å². The lowest BCUT2D eigenvalue weighted by Gasteiger charge is -2.39. The van der Waals surface area contributed by atoms with Crippen molar-refractivity contribution in [1.29, 1.82) is 0 Å². The number of nitrogens with one attached hydrogen (secondary N) is 1. The van der Waals surface area contributed by atoms with Gasteiger partial charge >= 0.3 is 0 Å². The maximum atomic E-state index is 3.68. The third-order valence-electron chi connectivity index (χ3n) is 4.87. The van der Waals surface area contributed by atoms with Crippen LogP contribution < -0.4 is 5.32 Å². The molecule has 17 heavy (non-hydrogen) atoms. The number of nitrogens with zero attached hydrogens (tertiary/aromatic N) is 1. The fraction of sp³-hybridized carbons (Fsp3) is 1.00. The van der Waals surface area contributed by atoms with Crippen LogP contribution >= 0.6 is 0 Å². The van der Waals surface area contributed by atoms with Crippen LogP contribution in [0.1, 0.15) is 52.9 Å². The molecule has 2 nitrogen and oxygen atoms in total. The van der Waals surface area contributed by atoms with Crippen molar-refractivity contribution in [3.8, 4) is 0 Å². The molecule has 1 N–H and O–H groups in total. The summed E-state index contributed by atoms with van der Waals surface area (Å²) < 4.78 is 0. The van der Waals surface area contributed by atoms with Gasteiger partial charge in [-0.05, 0) is 57.5 Å². The maximum Gasteiger partial charge on any atom is 0.0107 e. The van der Waals surface area contributed by atoms with Gasteiger partial charge in [0, 0.05) is 18.6 Å². The highest BCUT2D eigenvalue weighted by Gasteiger charge is 2.31. The zero-order valence-electron chi connectivity index (χ0n) is 11.9. The average Bonchev–Trinajstić information content (AvgIpc) is 2.71. The average molecular weight is 238 g/mol. The molecule has 0 radical (unpaired) electrons. The normalized spacial score (nSPS) is 39.7. The highest BCUT2D eigenvalue weighted by Crippen LogP contribution is 2.29. The van der Waals surface area contributed by atoms with Gasteiger partial charge in [-0.2, -0.15) is 0 Å². The fourth-order valence-corrected chi connectivity index (χ4v) is 3.81. The number of likely N-dealkylation sites (tertiary alicyclic amines) is 1. The van der Waals surface area contributed by atoms with E-state index in [4.69, 9.17) is 0 Å². The molecule has 2 aliphatic rings. The van der Waals surface area contributed by atoms with E-state index < -0.39 is 0 Å². The molecular formula is C15H30N2. The van der Waals surface area contributed by atoms with Crippen LogP contribution in [0.4, 0.5) is 0 Å². The first kappa shape index (κ1) is 13.4. The predicted molar refractivity (Wildman–Crippen MR) is 74.2 cm³/mol. The first-order valence-electron chi connectivity index (χ1n) is 7.68. The van der Waals surface area contributed by atoms with Gasteiger partial charge in [-0.15, -0.1) is 0 Å². The molecule has 2 heteroatoms. The molecule has 1 heterocycles. The third-order valence-corrected chi connectivity index (χ3v) is 4.87. The van der Waals surface area contributed by atoms with E-state index in [0.717, 1.165) is 30.5 Å². The Morgan fingerprint density at radius 3 is 2.71 bits per heavy atom. The molecule has 0 aromatic rings. The molecule has 4 unspecified atom stereocenters. The maximum absolute atomic E-state index is 3.68. The number of piperidine rings is 1. The van der Waals surface area contributed by atoms with Gasteiger partial charge in [0.15, 0.2) is 0 Å². The van der Waals surface area contributed by atoms with Gasteiger partial charge in [-0.3, -0.25) is 0 Å². The van der Waals surface area contributed by atoms with Crippen molar-refractivity contribution in [1.82, 2.24) is 10.2 Å². The zero-order chi connectivity index (χ0) is 12.3. The van der Waals surface area contributed by atoms with Crippen LogP contribution in [-0.2, 0) is 0 Å². The minimum absolute atomic E-state index is 0.798. The third kappa shape index (κ3) is 3.45. The summed E-state index contributed by atoms with van der Waals surface area (Å²) in [5, 5.41) is 3.68. The van der Waals surface area contributed by atoms with Crippen LogP contribution in [0, 0.1) is 11.8 Å². The van der Waals surface area contributed by atoms with Crippen molar-refractivity contribution in [2.75, 3.05) is 19.6 Å². The summed E-state index contributed by atoms with van der Waals surface area (Å²) in [7, 11) is 0. The fourth-order valence-electron chi connectivity index (χ4n) is 3.81. The molecule has 0 aromatic heterocycles. The zero-order valence-corrected chi connectivity index (χ0v) is 11.9. The SMILES string of the molecule is CCNC1CCCC1CN1CCC(C)CC1C. The quantitative estimate of drug-likeness (QED) is 0.810. The summed E-state index contributed by atoms with van der Waals surface area (Å²) >= 11 is 0. The van der Waals surface area contributed by atoms with Gasteiger partial charge in [0.25, 0.3) is 0 Å². The van der Waals surface area contributed by atoms with Crippen molar-refractivity contribution in [3.05, 3.63) is 0 Å². The molecule has 0 spiro atoms. The minimum atomic E-state index is 0.798. The van der Waals surface area contributed by atoms with E-state index >= 15 is 0 Å². The van der Waals surface area contributed by atoms with Gasteiger partial charge in [0.1, 0.15) is 0 Å². The molecule has 1 saturated carbocycles. The van der Waals surface area contributed by atoms with Crippen LogP contribution in [0.3, 0.4) is 0 Å². The summed E-state index contributed by atoms with van der Waals surface area (Å²) in [4.78, 5) is 2.75. The van der Waals surface area contributed by atoms with Crippen LogP contribution in [0.25, 0.3) is 0 Å². The minimum Gasteiger partial charge on any atom is -0.314 e. The molecule has 2 fully saturated rings. The Balaban J connectivity index is 1.83. The molecule has 1 aliphatic heterocycles. The Bertz CT molecular complexity index is 229. The van der Waals surface area contributed by atoms with E-state index in [9.17, 15) is 0 Å². The lowest BCUT2D eigenvalue weighted by molar-refractivity contribution is 0.104. The molecule has 1 saturated heterocycles. The highest BCUT2D eigenvalue weighted by atomic mass is 15.2. The number of hydrogen-bond donors (Lipinski definition) is 1. The lowest BCUT2D eigenvalue weighted by Crippen LogP contribution is -2.46. The first-order chi connectivity index (χ1) is 8.20. The number of hydrogen-bond acceptors (Lipinski definition) is 2. The second-order valence-corrected chi connectivity index (χ2v) is 6.33. The van der Waals surface area contributed by atoms with E-state index in [1.807, 2.05) is 0 Å². The van der Waals surface area contributed by atoms with Crippen molar-refractivity contribution < 1.29 is 0 Å². The molecule has 4 atom stereocenters. The van der Waals surface area contributed by atoms with E-state index in [-0.39, 0.29) is 0 Å². The molecule has 0 bridgehead atoms. The van der Waals surface area contributed by atoms with Crippen molar-refractivity contribution in [2.45, 2.75) is 65.0 Å². The monoisotopic (exact) mass is 238 g/mol. The second kappa shape index (κ2) is 6.19. The smallest absolute Gasteiger partial charge is 0.0107 e. The summed E-state index contributed by atoms with van der Waals surface area (Å²) in [6.45, 7) is 10.9. The molecular weight excluding hydrogens is 208 g/mol. The van der Waals surface area contributed by atoms with Crippen LogP contribution in [-0.4, -0.2) is 36.6 Å². The van der Waals surface area contributed by atoms with E-state index in [1.165, 1.54) is 45.2 Å². The van der Waals surface area contributed by atoms with Crippen molar-refractivity contribution in [3.63, 3.8) is 0 Å². The summed E-state index contributed by atoms with van der Waals surface area (Å²) in [6, 6.07) is 1.60. The summed E-state index contributed by atoms with van der Waals surface area (Å²) in [6.07, 6.45) is 7.08. The van der Waals surface area contributed by atoms with Crippen LogP contribution in [0.2, 0.25) is 0 Å². The van der Waals surface area contributed by atoms with Gasteiger partial charge in [-0.1, -0.05) is 20.3 Å². The van der Waals surface area contributed by atoms with Crippen LogP contribution in [0.5, 0.6) is 0 Å². The Labute approximate surface area is 107 Å². The van der Waals surface area contributed by atoms with Gasteiger partial charge in [-0.25, -0.2) is 0 Å². The predicted octanol–water partition coefficient (Wildman–Crippen LogP) is 2.89. The molecule has 0 aromatic carbocycles. The van der Waals surface area contributed by atoms with E-state index in [0.29, 0.717) is 0 Å². The Hall–Kier alpha value is -0.0800. The van der Waals surface area contributed by atoms with Crippen molar-refractivity contribution >= 4 is 0 Å². The molecule has 2 rings (SSSR count). The Morgan fingerprint density at radius 2 is 2.00 bits per heavy atom. The lowest BCUT2D eigenvalue weighted by atomic mass is 9.91. The topological polar surface area (TPSA) is 15.3 Å². The van der Waals surface area contributed by atoms with Gasteiger partial charge in [0.05, 0.1) is 0 Å². The largest absolute Gasteiger partial charge is 0.314 e. The Kier molecular flexibility index (Phi) is 4.87. The highest BCUT2D eigenvalue weighted by molar-refractivity contribution is 4.87. The molecule has 0 amide bonds. The summed E-state index contributed by atoms with van der Waals surface area (Å²) in [5.41, 5.74) is 0. The Morgan fingerprint density at radius 1 is 1.18 bits per heavy atom. The summed E-state index contributed by atoms with van der Waals surface area (Å²) in [5.74, 6) is 1.85. The first-order valence-corrected chi connectivity index (χ1v) is 7.68. The van der Waals surface area contributed by atoms with E-state index in [2.05, 4.69) is 31.0 Å². The van der Waals surface area contributed by atoms with Crippen molar-refractivity contribution in [2.24, 2.45) is 11.8 Å². The van der Waals surface area contributed by atoms with Gasteiger partial charge < -0.3 is 10.2 Å².